The summed E-state index contributed by atoms with van der Waals surface area (Å²) in [7, 11) is 3.18. The molecule has 154 valence electrons. The summed E-state index contributed by atoms with van der Waals surface area (Å²) in [6, 6.07) is 17.4. The van der Waals surface area contributed by atoms with Crippen molar-refractivity contribution in [3.05, 3.63) is 78.9 Å². The van der Waals surface area contributed by atoms with Gasteiger partial charge in [0.05, 0.1) is 21.4 Å². The fraction of sp³-hybridized carbons (Fsp3) is 0.0909. The Bertz CT molecular complexity index is 998. The van der Waals surface area contributed by atoms with Crippen molar-refractivity contribution in [2.45, 2.75) is 0 Å². The van der Waals surface area contributed by atoms with Crippen molar-refractivity contribution in [1.82, 2.24) is 0 Å². The van der Waals surface area contributed by atoms with E-state index in [1.165, 1.54) is 0 Å². The Labute approximate surface area is 201 Å². The smallest absolute Gasteiger partial charge is 0.255 e. The third-order valence-electron chi connectivity index (χ3n) is 4.23. The number of hydrogen-bond acceptors (Lipinski definition) is 4. The van der Waals surface area contributed by atoms with Gasteiger partial charge in [0.2, 0.25) is 0 Å². The second kappa shape index (κ2) is 10.1. The average molecular weight is 628 g/mol. The van der Waals surface area contributed by atoms with Gasteiger partial charge in [-0.15, -0.1) is 0 Å². The Hall–Kier alpha value is -2.34. The van der Waals surface area contributed by atoms with Gasteiger partial charge >= 0.3 is 0 Å². The largest absolute Gasteiger partial charge is 0.496 e. The molecule has 0 saturated carbocycles. The minimum atomic E-state index is -0.222. The maximum absolute atomic E-state index is 12.5. The highest BCUT2D eigenvalue weighted by atomic mass is 127. The highest BCUT2D eigenvalue weighted by Crippen LogP contribution is 2.24. The first-order valence-corrected chi connectivity index (χ1v) is 11.0. The summed E-state index contributed by atoms with van der Waals surface area (Å²) in [5.41, 5.74) is 2.32. The summed E-state index contributed by atoms with van der Waals surface area (Å²) >= 11 is 4.25. The van der Waals surface area contributed by atoms with Crippen molar-refractivity contribution in [2.75, 3.05) is 24.9 Å². The molecule has 0 aliphatic carbocycles. The molecule has 30 heavy (non-hydrogen) atoms. The lowest BCUT2D eigenvalue weighted by molar-refractivity contribution is 0.101. The maximum atomic E-state index is 12.5. The quantitative estimate of drug-likeness (QED) is 0.358. The Balaban J connectivity index is 1.64. The molecule has 0 spiro atoms. The molecule has 3 aromatic carbocycles. The number of carbonyl (C=O) groups excluding carboxylic acids is 2. The standard InChI is InChI=1S/C22H18I2N2O4/c1-29-19-9-3-13(11-17(19)23)21(27)25-15-5-7-16(8-6-15)26-22(28)14-4-10-20(30-2)18(24)12-14/h3-12H,1-2H3,(H,25,27)(H,26,28). The van der Waals surface area contributed by atoms with Gasteiger partial charge in [0.15, 0.2) is 0 Å². The molecule has 3 aromatic rings. The SMILES string of the molecule is COc1ccc(C(=O)Nc2ccc(NC(=O)c3ccc(OC)c(I)c3)cc2)cc1I. The molecule has 0 heterocycles. The number of carbonyl (C=O) groups is 2. The van der Waals surface area contributed by atoms with Gasteiger partial charge < -0.3 is 20.1 Å². The number of nitrogens with one attached hydrogen (secondary N) is 2. The molecule has 3 rings (SSSR count). The van der Waals surface area contributed by atoms with E-state index in [0.29, 0.717) is 22.5 Å². The fourth-order valence-electron chi connectivity index (χ4n) is 2.66. The van der Waals surface area contributed by atoms with E-state index in [9.17, 15) is 9.59 Å². The lowest BCUT2D eigenvalue weighted by Crippen LogP contribution is -2.13. The molecule has 0 aliphatic rings. The summed E-state index contributed by atoms with van der Waals surface area (Å²) < 4.78 is 12.1. The molecule has 0 bridgehead atoms. The van der Waals surface area contributed by atoms with Crippen molar-refractivity contribution in [3.8, 4) is 11.5 Å². The number of hydrogen-bond donors (Lipinski definition) is 2. The highest BCUT2D eigenvalue weighted by Gasteiger charge is 2.11. The monoisotopic (exact) mass is 628 g/mol. The van der Waals surface area contributed by atoms with E-state index in [0.717, 1.165) is 18.6 Å². The summed E-state index contributed by atoms with van der Waals surface area (Å²) in [5, 5.41) is 5.69. The van der Waals surface area contributed by atoms with E-state index < -0.39 is 0 Å². The Morgan fingerprint density at radius 1 is 0.667 bits per heavy atom. The van der Waals surface area contributed by atoms with Crippen LogP contribution in [0.2, 0.25) is 0 Å². The number of halogens is 2. The van der Waals surface area contributed by atoms with Crippen LogP contribution in [0.25, 0.3) is 0 Å². The van der Waals surface area contributed by atoms with Crippen molar-refractivity contribution in [1.29, 1.82) is 0 Å². The normalized spacial score (nSPS) is 10.3. The molecule has 6 nitrogen and oxygen atoms in total. The van der Waals surface area contributed by atoms with Crippen LogP contribution in [-0.2, 0) is 0 Å². The van der Waals surface area contributed by atoms with Gasteiger partial charge in [-0.2, -0.15) is 0 Å². The van der Waals surface area contributed by atoms with Crippen LogP contribution in [0.1, 0.15) is 20.7 Å². The number of amides is 2. The van der Waals surface area contributed by atoms with E-state index in [-0.39, 0.29) is 11.8 Å². The number of anilines is 2. The summed E-state index contributed by atoms with van der Waals surface area (Å²) in [5.74, 6) is 0.998. The Kier molecular flexibility index (Phi) is 7.53. The van der Waals surface area contributed by atoms with Gasteiger partial charge in [0.25, 0.3) is 11.8 Å². The molecule has 2 N–H and O–H groups in total. The first-order chi connectivity index (χ1) is 14.4. The van der Waals surface area contributed by atoms with E-state index >= 15 is 0 Å². The second-order valence-corrected chi connectivity index (χ2v) is 8.51. The van der Waals surface area contributed by atoms with Gasteiger partial charge in [-0.25, -0.2) is 0 Å². The highest BCUT2D eigenvalue weighted by molar-refractivity contribution is 14.1. The van der Waals surface area contributed by atoms with E-state index in [1.54, 1.807) is 74.9 Å². The van der Waals surface area contributed by atoms with Gasteiger partial charge in [0.1, 0.15) is 11.5 Å². The molecule has 0 fully saturated rings. The fourth-order valence-corrected chi connectivity index (χ4v) is 4.13. The van der Waals surface area contributed by atoms with E-state index in [2.05, 4.69) is 55.8 Å². The van der Waals surface area contributed by atoms with Crippen LogP contribution in [0, 0.1) is 7.14 Å². The lowest BCUT2D eigenvalue weighted by atomic mass is 10.2. The molecule has 0 saturated heterocycles. The van der Waals surface area contributed by atoms with Crippen LogP contribution in [0.3, 0.4) is 0 Å². The summed E-state index contributed by atoms with van der Waals surface area (Å²) in [6.07, 6.45) is 0. The van der Waals surface area contributed by atoms with Crippen molar-refractivity contribution in [2.24, 2.45) is 0 Å². The molecule has 0 atom stereocenters. The number of rotatable bonds is 6. The molecular weight excluding hydrogens is 610 g/mol. The molecule has 0 unspecified atom stereocenters. The van der Waals surface area contributed by atoms with Crippen molar-refractivity contribution < 1.29 is 19.1 Å². The second-order valence-electron chi connectivity index (χ2n) is 6.18. The number of benzene rings is 3. The molecule has 2 amide bonds. The summed E-state index contributed by atoms with van der Waals surface area (Å²) in [6.45, 7) is 0. The van der Waals surface area contributed by atoms with Crippen LogP contribution in [0.15, 0.2) is 60.7 Å². The Morgan fingerprint density at radius 2 is 1.03 bits per heavy atom. The molecule has 0 aliphatic heterocycles. The van der Waals surface area contributed by atoms with Crippen molar-refractivity contribution in [3.63, 3.8) is 0 Å². The average Bonchev–Trinajstić information content (AvgIpc) is 2.74. The maximum Gasteiger partial charge on any atom is 0.255 e. The van der Waals surface area contributed by atoms with Gasteiger partial charge in [-0.1, -0.05) is 0 Å². The number of ether oxygens (including phenoxy) is 2. The molecule has 0 aromatic heterocycles. The minimum absolute atomic E-state index is 0.222. The van der Waals surface area contributed by atoms with Crippen LogP contribution in [0.5, 0.6) is 11.5 Å². The topological polar surface area (TPSA) is 76.7 Å². The van der Waals surface area contributed by atoms with Crippen LogP contribution < -0.4 is 20.1 Å². The lowest BCUT2D eigenvalue weighted by Gasteiger charge is -2.10. The van der Waals surface area contributed by atoms with Crippen LogP contribution in [-0.4, -0.2) is 26.0 Å². The molecular formula is C22H18I2N2O4. The van der Waals surface area contributed by atoms with Gasteiger partial charge in [0, 0.05) is 22.5 Å². The molecule has 0 radical (unpaired) electrons. The molecule has 8 heteroatoms. The first-order valence-electron chi connectivity index (χ1n) is 8.81. The van der Waals surface area contributed by atoms with Crippen LogP contribution >= 0.6 is 45.2 Å². The first kappa shape index (κ1) is 22.3. The van der Waals surface area contributed by atoms with Gasteiger partial charge in [-0.05, 0) is 106 Å². The summed E-state index contributed by atoms with van der Waals surface area (Å²) in [4.78, 5) is 24.9. The Morgan fingerprint density at radius 3 is 1.33 bits per heavy atom. The predicted octanol–water partition coefficient (Wildman–Crippen LogP) is 5.42. The van der Waals surface area contributed by atoms with E-state index in [1.807, 2.05) is 0 Å². The minimum Gasteiger partial charge on any atom is -0.496 e. The zero-order valence-electron chi connectivity index (χ0n) is 16.2. The van der Waals surface area contributed by atoms with Gasteiger partial charge in [-0.3, -0.25) is 9.59 Å². The zero-order valence-corrected chi connectivity index (χ0v) is 20.5. The third kappa shape index (κ3) is 5.42. The van der Waals surface area contributed by atoms with Crippen LogP contribution in [0.4, 0.5) is 11.4 Å². The third-order valence-corrected chi connectivity index (χ3v) is 5.91. The van der Waals surface area contributed by atoms with Crippen molar-refractivity contribution >= 4 is 68.4 Å². The zero-order chi connectivity index (χ0) is 21.7. The number of methoxy groups -OCH3 is 2. The van der Waals surface area contributed by atoms with E-state index in [4.69, 9.17) is 9.47 Å². The predicted molar refractivity (Wildman–Crippen MR) is 134 cm³/mol.